The molecule has 2 aromatic carbocycles. The molecule has 0 atom stereocenters. The highest BCUT2D eigenvalue weighted by molar-refractivity contribution is 6.17. The number of halogens is 1. The Morgan fingerprint density at radius 2 is 1.84 bits per heavy atom. The standard InChI is InChI=1S/C14H12ClNO3/c15-9-12-6-7-13(16(17)18)14(8-12)19-10-11-4-2-1-3-5-11/h1-8H,9-10H2. The third kappa shape index (κ3) is 3.45. The van der Waals surface area contributed by atoms with Gasteiger partial charge in [-0.2, -0.15) is 0 Å². The lowest BCUT2D eigenvalue weighted by atomic mass is 10.2. The molecule has 0 amide bonds. The van der Waals surface area contributed by atoms with Crippen LogP contribution in [-0.2, 0) is 12.5 Å². The van der Waals surface area contributed by atoms with E-state index >= 15 is 0 Å². The van der Waals surface area contributed by atoms with Crippen molar-refractivity contribution in [2.24, 2.45) is 0 Å². The largest absolute Gasteiger partial charge is 0.482 e. The summed E-state index contributed by atoms with van der Waals surface area (Å²) in [6.45, 7) is 0.285. The average molecular weight is 278 g/mol. The van der Waals surface area contributed by atoms with Crippen LogP contribution >= 0.6 is 11.6 Å². The van der Waals surface area contributed by atoms with Crippen molar-refractivity contribution in [1.29, 1.82) is 0 Å². The minimum atomic E-state index is -0.460. The third-order valence-electron chi connectivity index (χ3n) is 2.61. The normalized spacial score (nSPS) is 10.2. The van der Waals surface area contributed by atoms with E-state index in [0.717, 1.165) is 11.1 Å². The fourth-order valence-electron chi connectivity index (χ4n) is 1.64. The van der Waals surface area contributed by atoms with Crippen LogP contribution in [0, 0.1) is 10.1 Å². The van der Waals surface area contributed by atoms with Crippen LogP contribution in [0.15, 0.2) is 48.5 Å². The van der Waals surface area contributed by atoms with Gasteiger partial charge in [-0.25, -0.2) is 0 Å². The minimum absolute atomic E-state index is 0.0511. The molecule has 0 heterocycles. The van der Waals surface area contributed by atoms with Gasteiger partial charge in [0.2, 0.25) is 0 Å². The van der Waals surface area contributed by atoms with Gasteiger partial charge in [0.25, 0.3) is 0 Å². The molecule has 0 saturated heterocycles. The number of nitro benzene ring substituents is 1. The van der Waals surface area contributed by atoms with E-state index in [2.05, 4.69) is 0 Å². The van der Waals surface area contributed by atoms with Crippen LogP contribution in [-0.4, -0.2) is 4.92 Å². The highest BCUT2D eigenvalue weighted by Crippen LogP contribution is 2.29. The van der Waals surface area contributed by atoms with Crippen LogP contribution in [0.25, 0.3) is 0 Å². The molecule has 0 saturated carbocycles. The van der Waals surface area contributed by atoms with Gasteiger partial charge in [-0.1, -0.05) is 36.4 Å². The Morgan fingerprint density at radius 1 is 1.11 bits per heavy atom. The van der Waals surface area contributed by atoms with E-state index in [9.17, 15) is 10.1 Å². The topological polar surface area (TPSA) is 52.4 Å². The molecule has 5 heteroatoms. The molecule has 0 aliphatic carbocycles. The van der Waals surface area contributed by atoms with Gasteiger partial charge in [0.15, 0.2) is 5.75 Å². The number of nitrogens with zero attached hydrogens (tertiary/aromatic N) is 1. The van der Waals surface area contributed by atoms with Gasteiger partial charge >= 0.3 is 5.69 Å². The van der Waals surface area contributed by atoms with Crippen molar-refractivity contribution in [3.8, 4) is 5.75 Å². The molecule has 0 spiro atoms. The van der Waals surface area contributed by atoms with Gasteiger partial charge in [-0.15, -0.1) is 11.6 Å². The summed E-state index contributed by atoms with van der Waals surface area (Å²) in [5.41, 5.74) is 1.69. The molecule has 0 bridgehead atoms. The summed E-state index contributed by atoms with van der Waals surface area (Å²) in [5, 5.41) is 10.9. The van der Waals surface area contributed by atoms with Crippen molar-refractivity contribution in [1.82, 2.24) is 0 Å². The molecule has 19 heavy (non-hydrogen) atoms. The fourth-order valence-corrected chi connectivity index (χ4v) is 1.81. The van der Waals surface area contributed by atoms with Crippen molar-refractivity contribution < 1.29 is 9.66 Å². The van der Waals surface area contributed by atoms with Crippen molar-refractivity contribution in [2.75, 3.05) is 0 Å². The molecular formula is C14H12ClNO3. The van der Waals surface area contributed by atoms with Gasteiger partial charge in [0.1, 0.15) is 6.61 Å². The highest BCUT2D eigenvalue weighted by Gasteiger charge is 2.15. The zero-order chi connectivity index (χ0) is 13.7. The molecular weight excluding hydrogens is 266 g/mol. The second kappa shape index (κ2) is 6.20. The quantitative estimate of drug-likeness (QED) is 0.473. The first-order valence-electron chi connectivity index (χ1n) is 5.70. The molecule has 0 aromatic heterocycles. The van der Waals surface area contributed by atoms with Crippen LogP contribution in [0.5, 0.6) is 5.75 Å². The molecule has 0 aliphatic rings. The Bertz CT molecular complexity index is 572. The van der Waals surface area contributed by atoms with E-state index < -0.39 is 4.92 Å². The Morgan fingerprint density at radius 3 is 2.47 bits per heavy atom. The molecule has 0 N–H and O–H groups in total. The molecule has 0 radical (unpaired) electrons. The van der Waals surface area contributed by atoms with Crippen molar-refractivity contribution in [3.05, 3.63) is 69.8 Å². The summed E-state index contributed by atoms with van der Waals surface area (Å²) in [6.07, 6.45) is 0. The Kier molecular flexibility index (Phi) is 4.36. The smallest absolute Gasteiger partial charge is 0.310 e. The van der Waals surface area contributed by atoms with E-state index in [-0.39, 0.29) is 18.0 Å². The minimum Gasteiger partial charge on any atom is -0.482 e. The number of hydrogen-bond donors (Lipinski definition) is 0. The first kappa shape index (κ1) is 13.4. The van der Waals surface area contributed by atoms with Crippen LogP contribution < -0.4 is 4.74 Å². The SMILES string of the molecule is O=[N+]([O-])c1ccc(CCl)cc1OCc1ccccc1. The summed E-state index contributed by atoms with van der Waals surface area (Å²) >= 11 is 5.72. The molecule has 0 aliphatic heterocycles. The summed E-state index contributed by atoms with van der Waals surface area (Å²) in [7, 11) is 0. The van der Waals surface area contributed by atoms with E-state index in [1.165, 1.54) is 6.07 Å². The molecule has 0 unspecified atom stereocenters. The zero-order valence-corrected chi connectivity index (χ0v) is 10.8. The van der Waals surface area contributed by atoms with Crippen molar-refractivity contribution in [2.45, 2.75) is 12.5 Å². The van der Waals surface area contributed by atoms with Gasteiger partial charge in [-0.3, -0.25) is 10.1 Å². The van der Waals surface area contributed by atoms with E-state index in [0.29, 0.717) is 5.88 Å². The van der Waals surface area contributed by atoms with Crippen LogP contribution in [0.2, 0.25) is 0 Å². The van der Waals surface area contributed by atoms with Gasteiger partial charge in [0, 0.05) is 11.9 Å². The monoisotopic (exact) mass is 277 g/mol. The van der Waals surface area contributed by atoms with Gasteiger partial charge in [-0.05, 0) is 17.2 Å². The number of rotatable bonds is 5. The maximum atomic E-state index is 10.9. The predicted octanol–water partition coefficient (Wildman–Crippen LogP) is 3.91. The van der Waals surface area contributed by atoms with Gasteiger partial charge in [0.05, 0.1) is 4.92 Å². The second-order valence-electron chi connectivity index (χ2n) is 3.97. The number of ether oxygens (including phenoxy) is 1. The van der Waals surface area contributed by atoms with Crippen molar-refractivity contribution >= 4 is 17.3 Å². The summed E-state index contributed by atoms with van der Waals surface area (Å²) < 4.78 is 5.53. The highest BCUT2D eigenvalue weighted by atomic mass is 35.5. The molecule has 2 aromatic rings. The number of nitro groups is 1. The first-order valence-corrected chi connectivity index (χ1v) is 6.24. The number of benzene rings is 2. The third-order valence-corrected chi connectivity index (χ3v) is 2.92. The summed E-state index contributed by atoms with van der Waals surface area (Å²) in [6, 6.07) is 14.1. The lowest BCUT2D eigenvalue weighted by Crippen LogP contribution is -1.99. The maximum Gasteiger partial charge on any atom is 0.310 e. The van der Waals surface area contributed by atoms with Crippen LogP contribution in [0.3, 0.4) is 0 Å². The van der Waals surface area contributed by atoms with E-state index in [1.807, 2.05) is 30.3 Å². The summed E-state index contributed by atoms with van der Waals surface area (Å²) in [5.74, 6) is 0.534. The van der Waals surface area contributed by atoms with E-state index in [1.54, 1.807) is 12.1 Å². The molecule has 2 rings (SSSR count). The fraction of sp³-hybridized carbons (Fsp3) is 0.143. The van der Waals surface area contributed by atoms with Gasteiger partial charge < -0.3 is 4.74 Å². The average Bonchev–Trinajstić information content (AvgIpc) is 2.45. The second-order valence-corrected chi connectivity index (χ2v) is 4.23. The number of alkyl halides is 1. The zero-order valence-electron chi connectivity index (χ0n) is 10.1. The maximum absolute atomic E-state index is 10.9. The van der Waals surface area contributed by atoms with Crippen molar-refractivity contribution in [3.63, 3.8) is 0 Å². The molecule has 98 valence electrons. The number of hydrogen-bond acceptors (Lipinski definition) is 3. The summed E-state index contributed by atoms with van der Waals surface area (Å²) in [4.78, 5) is 10.5. The van der Waals surface area contributed by atoms with Crippen LogP contribution in [0.4, 0.5) is 5.69 Å². The molecule has 4 nitrogen and oxygen atoms in total. The lowest BCUT2D eigenvalue weighted by Gasteiger charge is -2.08. The van der Waals surface area contributed by atoms with E-state index in [4.69, 9.17) is 16.3 Å². The predicted molar refractivity (Wildman–Crippen MR) is 73.4 cm³/mol. The Balaban J connectivity index is 2.20. The Hall–Kier alpha value is -2.07. The molecule has 0 fully saturated rings. The lowest BCUT2D eigenvalue weighted by molar-refractivity contribution is -0.386. The van der Waals surface area contributed by atoms with Crippen LogP contribution in [0.1, 0.15) is 11.1 Å². The first-order chi connectivity index (χ1) is 9.20. The Labute approximate surface area is 115 Å².